The number of furan rings is 1. The molecule has 0 aliphatic heterocycles. The Morgan fingerprint density at radius 1 is 1.09 bits per heavy atom. The van der Waals surface area contributed by atoms with Crippen LogP contribution in [-0.2, 0) is 29.1 Å². The van der Waals surface area contributed by atoms with Gasteiger partial charge in [-0.3, -0.25) is 9.78 Å². The van der Waals surface area contributed by atoms with E-state index in [9.17, 15) is 4.79 Å². The van der Waals surface area contributed by atoms with Crippen LogP contribution in [0.1, 0.15) is 30.7 Å². The van der Waals surface area contributed by atoms with Gasteiger partial charge in [0.1, 0.15) is 17.9 Å². The first kappa shape index (κ1) is 23.0. The highest BCUT2D eigenvalue weighted by Gasteiger charge is 2.13. The molecule has 0 bridgehead atoms. The highest BCUT2D eigenvalue weighted by Crippen LogP contribution is 2.32. The largest absolute Gasteiger partial charge is 0.489 e. The molecule has 2 heterocycles. The summed E-state index contributed by atoms with van der Waals surface area (Å²) in [6.45, 7) is 4.72. The Morgan fingerprint density at radius 3 is 2.69 bits per heavy atom. The Hall–Kier alpha value is -3.64. The van der Waals surface area contributed by atoms with Gasteiger partial charge in [0.15, 0.2) is 0 Å². The lowest BCUT2D eigenvalue weighted by Crippen LogP contribution is -2.06. The highest BCUT2D eigenvalue weighted by molar-refractivity contribution is 5.93. The molecule has 32 heavy (non-hydrogen) atoms. The van der Waals surface area contributed by atoms with Crippen molar-refractivity contribution >= 4 is 16.9 Å². The van der Waals surface area contributed by atoms with Crippen molar-refractivity contribution in [1.29, 1.82) is 0 Å². The van der Waals surface area contributed by atoms with Gasteiger partial charge >= 0.3 is 5.97 Å². The zero-order valence-corrected chi connectivity index (χ0v) is 18.6. The van der Waals surface area contributed by atoms with E-state index >= 15 is 0 Å². The minimum Gasteiger partial charge on any atom is -0.489 e. The number of carbonyl (C=O) groups excluding carboxylic acids is 1. The third kappa shape index (κ3) is 5.34. The van der Waals surface area contributed by atoms with E-state index in [0.29, 0.717) is 18.9 Å². The van der Waals surface area contributed by atoms with E-state index in [1.54, 1.807) is 12.5 Å². The Bertz CT molecular complexity index is 1180. The predicted molar refractivity (Wildman–Crippen MR) is 125 cm³/mol. The Kier molecular flexibility index (Phi) is 8.00. The summed E-state index contributed by atoms with van der Waals surface area (Å²) in [4.78, 5) is 15.9. The lowest BCUT2D eigenvalue weighted by Gasteiger charge is -2.12. The number of para-hydroxylation sites is 1. The molecule has 166 valence electrons. The van der Waals surface area contributed by atoms with Crippen LogP contribution >= 0.6 is 0 Å². The second kappa shape index (κ2) is 11.1. The van der Waals surface area contributed by atoms with Gasteiger partial charge in [-0.15, -0.1) is 0 Å². The molecule has 0 radical (unpaired) electrons. The molecule has 0 fully saturated rings. The van der Waals surface area contributed by atoms with Gasteiger partial charge in [0.05, 0.1) is 25.5 Å². The smallest absolute Gasteiger partial charge is 0.310 e. The minimum atomic E-state index is -0.304. The fraction of sp³-hybridized carbons (Fsp3) is 0.231. The van der Waals surface area contributed by atoms with E-state index in [4.69, 9.17) is 19.6 Å². The molecule has 0 aliphatic rings. The van der Waals surface area contributed by atoms with Crippen molar-refractivity contribution in [3.05, 3.63) is 83.9 Å². The number of hydrogen-bond acceptors (Lipinski definition) is 6. The average Bonchev–Trinajstić information content (AvgIpc) is 3.33. The standard InChI is InChI=1S/C24H22N2O4.C2H6/c1-28-23(27)13-18-4-2-3-5-22(18)30-15-16-10-19-7-9-29-24(19)21(11-16)17-6-8-26-20(12-17)14-25;1-2/h2-12H,13-15,25H2,1H3;1-2H3. The van der Waals surface area contributed by atoms with Crippen LogP contribution in [0.2, 0.25) is 0 Å². The molecule has 0 unspecified atom stereocenters. The molecule has 0 atom stereocenters. The van der Waals surface area contributed by atoms with E-state index in [2.05, 4.69) is 4.98 Å². The molecular formula is C26H28N2O4. The number of methoxy groups -OCH3 is 1. The SMILES string of the molecule is CC.COC(=O)Cc1ccccc1OCc1cc(-c2ccnc(CN)c2)c2occc2c1. The summed E-state index contributed by atoms with van der Waals surface area (Å²) in [6.07, 6.45) is 3.59. The maximum absolute atomic E-state index is 11.7. The molecule has 0 amide bonds. The van der Waals surface area contributed by atoms with Gasteiger partial charge in [-0.1, -0.05) is 32.0 Å². The van der Waals surface area contributed by atoms with Crippen molar-refractivity contribution in [3.8, 4) is 16.9 Å². The number of pyridine rings is 1. The number of nitrogens with zero attached hydrogens (tertiary/aromatic N) is 1. The second-order valence-corrected chi connectivity index (χ2v) is 6.87. The quantitative estimate of drug-likeness (QED) is 0.400. The van der Waals surface area contributed by atoms with Gasteiger partial charge < -0.3 is 19.6 Å². The molecule has 0 aliphatic carbocycles. The maximum Gasteiger partial charge on any atom is 0.310 e. The van der Waals surface area contributed by atoms with Crippen LogP contribution in [0.5, 0.6) is 5.75 Å². The molecule has 0 spiro atoms. The van der Waals surface area contributed by atoms with E-state index in [0.717, 1.165) is 38.9 Å². The lowest BCUT2D eigenvalue weighted by molar-refractivity contribution is -0.139. The van der Waals surface area contributed by atoms with Gasteiger partial charge in [0.25, 0.3) is 0 Å². The zero-order chi connectivity index (χ0) is 22.9. The van der Waals surface area contributed by atoms with Crippen LogP contribution in [0.25, 0.3) is 22.1 Å². The van der Waals surface area contributed by atoms with Crippen molar-refractivity contribution in [1.82, 2.24) is 4.98 Å². The third-order valence-electron chi connectivity index (χ3n) is 4.88. The normalized spacial score (nSPS) is 10.4. The molecule has 6 heteroatoms. The summed E-state index contributed by atoms with van der Waals surface area (Å²) in [5.74, 6) is 0.354. The monoisotopic (exact) mass is 432 g/mol. The molecule has 2 N–H and O–H groups in total. The summed E-state index contributed by atoms with van der Waals surface area (Å²) >= 11 is 0. The number of fused-ring (bicyclic) bond motifs is 1. The Morgan fingerprint density at radius 2 is 1.91 bits per heavy atom. The maximum atomic E-state index is 11.7. The van der Waals surface area contributed by atoms with Gasteiger partial charge in [0.2, 0.25) is 0 Å². The second-order valence-electron chi connectivity index (χ2n) is 6.87. The first-order chi connectivity index (χ1) is 15.7. The van der Waals surface area contributed by atoms with Crippen molar-refractivity contribution in [3.63, 3.8) is 0 Å². The predicted octanol–water partition coefficient (Wildman–Crippen LogP) is 5.27. The molecule has 2 aromatic carbocycles. The Balaban J connectivity index is 0.00000141. The summed E-state index contributed by atoms with van der Waals surface area (Å²) in [7, 11) is 1.38. The van der Waals surface area contributed by atoms with Gasteiger partial charge in [0, 0.05) is 29.3 Å². The summed E-state index contributed by atoms with van der Waals surface area (Å²) in [5, 5.41) is 0.986. The Labute approximate surface area is 188 Å². The summed E-state index contributed by atoms with van der Waals surface area (Å²) in [6, 6.07) is 17.4. The van der Waals surface area contributed by atoms with E-state index in [1.807, 2.05) is 68.4 Å². The minimum absolute atomic E-state index is 0.164. The van der Waals surface area contributed by atoms with Crippen molar-refractivity contribution in [2.24, 2.45) is 5.73 Å². The van der Waals surface area contributed by atoms with Crippen LogP contribution in [0.4, 0.5) is 0 Å². The number of hydrogen-bond donors (Lipinski definition) is 1. The van der Waals surface area contributed by atoms with Crippen molar-refractivity contribution in [2.45, 2.75) is 33.4 Å². The number of nitrogens with two attached hydrogens (primary N) is 1. The first-order valence-electron chi connectivity index (χ1n) is 10.6. The van der Waals surface area contributed by atoms with Gasteiger partial charge in [-0.2, -0.15) is 0 Å². The first-order valence-corrected chi connectivity index (χ1v) is 10.6. The van der Waals surface area contributed by atoms with Crippen LogP contribution in [0.3, 0.4) is 0 Å². The molecule has 0 saturated carbocycles. The molecular weight excluding hydrogens is 404 g/mol. The molecule has 2 aromatic heterocycles. The van der Waals surface area contributed by atoms with Gasteiger partial charge in [-0.05, 0) is 47.5 Å². The van der Waals surface area contributed by atoms with E-state index < -0.39 is 0 Å². The number of rotatable bonds is 7. The lowest BCUT2D eigenvalue weighted by atomic mass is 10.0. The number of carbonyl (C=O) groups is 1. The number of aromatic nitrogens is 1. The van der Waals surface area contributed by atoms with E-state index in [1.165, 1.54) is 7.11 Å². The van der Waals surface area contributed by atoms with E-state index in [-0.39, 0.29) is 12.4 Å². The van der Waals surface area contributed by atoms with Crippen molar-refractivity contribution < 1.29 is 18.7 Å². The average molecular weight is 433 g/mol. The van der Waals surface area contributed by atoms with Crippen LogP contribution in [0.15, 0.2) is 71.5 Å². The summed E-state index contributed by atoms with van der Waals surface area (Å²) < 4.78 is 16.6. The molecule has 4 aromatic rings. The van der Waals surface area contributed by atoms with Crippen molar-refractivity contribution in [2.75, 3.05) is 7.11 Å². The van der Waals surface area contributed by atoms with Crippen LogP contribution < -0.4 is 10.5 Å². The topological polar surface area (TPSA) is 87.6 Å². The molecule has 0 saturated heterocycles. The summed E-state index contributed by atoms with van der Waals surface area (Å²) in [5.41, 5.74) is 11.1. The molecule has 6 nitrogen and oxygen atoms in total. The fourth-order valence-electron chi connectivity index (χ4n) is 3.38. The van der Waals surface area contributed by atoms with Crippen LogP contribution in [-0.4, -0.2) is 18.1 Å². The fourth-order valence-corrected chi connectivity index (χ4v) is 3.38. The number of esters is 1. The number of benzene rings is 2. The highest BCUT2D eigenvalue weighted by atomic mass is 16.5. The van der Waals surface area contributed by atoms with Gasteiger partial charge in [-0.25, -0.2) is 0 Å². The third-order valence-corrected chi connectivity index (χ3v) is 4.88. The molecule has 4 rings (SSSR count). The zero-order valence-electron chi connectivity index (χ0n) is 18.6. The van der Waals surface area contributed by atoms with Crippen LogP contribution in [0, 0.1) is 0 Å². The number of ether oxygens (including phenoxy) is 2.